The lowest BCUT2D eigenvalue weighted by molar-refractivity contribution is 0.414. The maximum atomic E-state index is 5.63. The van der Waals surface area contributed by atoms with E-state index in [1.807, 2.05) is 12.1 Å². The Kier molecular flexibility index (Phi) is 2.96. The van der Waals surface area contributed by atoms with Gasteiger partial charge in [-0.1, -0.05) is 12.1 Å². The molecule has 0 atom stereocenters. The molecule has 1 aliphatic carbocycles. The third-order valence-corrected chi connectivity index (χ3v) is 3.37. The molecule has 0 amide bonds. The Morgan fingerprint density at radius 1 is 1.27 bits per heavy atom. The molecule has 2 rings (SSSR count). The highest BCUT2D eigenvalue weighted by atomic mass is 16.5. The van der Waals surface area contributed by atoms with E-state index in [0.717, 1.165) is 12.3 Å². The van der Waals surface area contributed by atoms with Crippen LogP contribution < -0.4 is 10.5 Å². The Labute approximate surface area is 91.4 Å². The third kappa shape index (κ3) is 2.51. The zero-order valence-corrected chi connectivity index (χ0v) is 9.33. The topological polar surface area (TPSA) is 35.2 Å². The van der Waals surface area contributed by atoms with Gasteiger partial charge >= 0.3 is 0 Å². The number of nitrogens with two attached hydrogens (primary N) is 1. The molecule has 15 heavy (non-hydrogen) atoms. The van der Waals surface area contributed by atoms with Gasteiger partial charge in [0.15, 0.2) is 0 Å². The average Bonchev–Trinajstić information content (AvgIpc) is 3.00. The molecule has 82 valence electrons. The van der Waals surface area contributed by atoms with E-state index in [4.69, 9.17) is 10.5 Å². The Bertz CT molecular complexity index is 314. The highest BCUT2D eigenvalue weighted by Gasteiger charge is 2.41. The number of rotatable bonds is 5. The molecule has 0 aliphatic heterocycles. The summed E-state index contributed by atoms with van der Waals surface area (Å²) >= 11 is 0. The summed E-state index contributed by atoms with van der Waals surface area (Å²) in [5.74, 6) is 0.933. The summed E-state index contributed by atoms with van der Waals surface area (Å²) in [5.41, 5.74) is 7.57. The van der Waals surface area contributed by atoms with Crippen molar-refractivity contribution in [2.24, 2.45) is 11.1 Å². The van der Waals surface area contributed by atoms with Gasteiger partial charge in [-0.15, -0.1) is 0 Å². The molecule has 2 nitrogen and oxygen atoms in total. The Morgan fingerprint density at radius 2 is 1.93 bits per heavy atom. The predicted octanol–water partition coefficient (Wildman–Crippen LogP) is 2.37. The van der Waals surface area contributed by atoms with Gasteiger partial charge in [0.25, 0.3) is 0 Å². The molecule has 1 aromatic carbocycles. The van der Waals surface area contributed by atoms with Crippen LogP contribution >= 0.6 is 0 Å². The highest BCUT2D eigenvalue weighted by Crippen LogP contribution is 2.51. The summed E-state index contributed by atoms with van der Waals surface area (Å²) in [5, 5.41) is 0. The summed E-state index contributed by atoms with van der Waals surface area (Å²) in [6, 6.07) is 8.40. The molecule has 0 radical (unpaired) electrons. The second-order valence-corrected chi connectivity index (χ2v) is 4.56. The summed E-state index contributed by atoms with van der Waals surface area (Å²) in [6.07, 6.45) is 5.03. The number of benzene rings is 1. The van der Waals surface area contributed by atoms with Crippen LogP contribution in [0.5, 0.6) is 5.75 Å². The van der Waals surface area contributed by atoms with Crippen molar-refractivity contribution < 1.29 is 4.74 Å². The molecule has 0 saturated heterocycles. The van der Waals surface area contributed by atoms with Crippen LogP contribution in [0, 0.1) is 5.41 Å². The smallest absolute Gasteiger partial charge is 0.118 e. The second-order valence-electron chi connectivity index (χ2n) is 4.56. The molecule has 1 fully saturated rings. The molecular formula is C13H19NO. The van der Waals surface area contributed by atoms with Crippen LogP contribution in [0.1, 0.15) is 24.8 Å². The van der Waals surface area contributed by atoms with Crippen molar-refractivity contribution in [2.45, 2.75) is 25.7 Å². The monoisotopic (exact) mass is 205 g/mol. The normalized spacial score (nSPS) is 17.5. The van der Waals surface area contributed by atoms with E-state index in [9.17, 15) is 0 Å². The SMILES string of the molecule is COc1ccc(CC2(CCN)CC2)cc1. The van der Waals surface area contributed by atoms with Gasteiger partial charge in [-0.05, 0) is 55.3 Å². The van der Waals surface area contributed by atoms with Crippen LogP contribution in [0.25, 0.3) is 0 Å². The van der Waals surface area contributed by atoms with Gasteiger partial charge in [0.05, 0.1) is 7.11 Å². The molecule has 2 N–H and O–H groups in total. The Hall–Kier alpha value is -1.02. The zero-order chi connectivity index (χ0) is 10.7. The van der Waals surface area contributed by atoms with E-state index >= 15 is 0 Å². The largest absolute Gasteiger partial charge is 0.497 e. The van der Waals surface area contributed by atoms with E-state index in [0.29, 0.717) is 5.41 Å². The number of hydrogen-bond donors (Lipinski definition) is 1. The average molecular weight is 205 g/mol. The molecule has 0 spiro atoms. The minimum atomic E-state index is 0.531. The first-order chi connectivity index (χ1) is 7.28. The molecule has 0 aromatic heterocycles. The molecular weight excluding hydrogens is 186 g/mol. The van der Waals surface area contributed by atoms with E-state index < -0.39 is 0 Å². The summed E-state index contributed by atoms with van der Waals surface area (Å²) < 4.78 is 5.14. The van der Waals surface area contributed by atoms with Crippen molar-refractivity contribution >= 4 is 0 Å². The van der Waals surface area contributed by atoms with Crippen LogP contribution in [-0.2, 0) is 6.42 Å². The zero-order valence-electron chi connectivity index (χ0n) is 9.33. The van der Waals surface area contributed by atoms with Crippen molar-refractivity contribution in [1.82, 2.24) is 0 Å². The lowest BCUT2D eigenvalue weighted by Gasteiger charge is -2.13. The van der Waals surface area contributed by atoms with Gasteiger partial charge in [-0.2, -0.15) is 0 Å². The molecule has 0 heterocycles. The standard InChI is InChI=1S/C13H19NO/c1-15-12-4-2-11(3-5-12)10-13(6-7-13)8-9-14/h2-5H,6-10,14H2,1H3. The van der Waals surface area contributed by atoms with Crippen LogP contribution in [0.2, 0.25) is 0 Å². The van der Waals surface area contributed by atoms with Crippen molar-refractivity contribution in [3.8, 4) is 5.75 Å². The van der Waals surface area contributed by atoms with E-state index in [1.54, 1.807) is 7.11 Å². The van der Waals surface area contributed by atoms with Gasteiger partial charge < -0.3 is 10.5 Å². The van der Waals surface area contributed by atoms with E-state index in [-0.39, 0.29) is 0 Å². The van der Waals surface area contributed by atoms with Crippen LogP contribution in [0.4, 0.5) is 0 Å². The quantitative estimate of drug-likeness (QED) is 0.801. The maximum absolute atomic E-state index is 5.63. The minimum Gasteiger partial charge on any atom is -0.497 e. The van der Waals surface area contributed by atoms with Crippen molar-refractivity contribution in [3.05, 3.63) is 29.8 Å². The molecule has 1 aromatic rings. The van der Waals surface area contributed by atoms with Gasteiger partial charge in [-0.25, -0.2) is 0 Å². The fraction of sp³-hybridized carbons (Fsp3) is 0.538. The first-order valence-electron chi connectivity index (χ1n) is 5.61. The lowest BCUT2D eigenvalue weighted by atomic mass is 9.93. The highest BCUT2D eigenvalue weighted by molar-refractivity contribution is 5.28. The number of ether oxygens (including phenoxy) is 1. The lowest BCUT2D eigenvalue weighted by Crippen LogP contribution is -2.11. The van der Waals surface area contributed by atoms with Crippen molar-refractivity contribution in [2.75, 3.05) is 13.7 Å². The molecule has 0 bridgehead atoms. The van der Waals surface area contributed by atoms with Gasteiger partial charge in [0, 0.05) is 0 Å². The Balaban J connectivity index is 1.98. The summed E-state index contributed by atoms with van der Waals surface area (Å²) in [6.45, 7) is 0.816. The minimum absolute atomic E-state index is 0.531. The van der Waals surface area contributed by atoms with Gasteiger partial charge in [-0.3, -0.25) is 0 Å². The van der Waals surface area contributed by atoms with Crippen molar-refractivity contribution in [1.29, 1.82) is 0 Å². The predicted molar refractivity (Wildman–Crippen MR) is 62.0 cm³/mol. The van der Waals surface area contributed by atoms with Crippen LogP contribution in [0.15, 0.2) is 24.3 Å². The molecule has 1 aliphatic rings. The molecule has 1 saturated carbocycles. The van der Waals surface area contributed by atoms with Crippen LogP contribution in [-0.4, -0.2) is 13.7 Å². The fourth-order valence-electron chi connectivity index (χ4n) is 2.17. The van der Waals surface area contributed by atoms with Crippen molar-refractivity contribution in [3.63, 3.8) is 0 Å². The second kappa shape index (κ2) is 4.23. The summed E-state index contributed by atoms with van der Waals surface area (Å²) in [7, 11) is 1.70. The van der Waals surface area contributed by atoms with E-state index in [2.05, 4.69) is 12.1 Å². The molecule has 0 unspecified atom stereocenters. The van der Waals surface area contributed by atoms with Gasteiger partial charge in [0.1, 0.15) is 5.75 Å². The van der Waals surface area contributed by atoms with E-state index in [1.165, 1.54) is 31.2 Å². The van der Waals surface area contributed by atoms with Crippen LogP contribution in [0.3, 0.4) is 0 Å². The first kappa shape index (κ1) is 10.5. The number of hydrogen-bond acceptors (Lipinski definition) is 2. The third-order valence-electron chi connectivity index (χ3n) is 3.37. The maximum Gasteiger partial charge on any atom is 0.118 e. The number of methoxy groups -OCH3 is 1. The Morgan fingerprint density at radius 3 is 2.40 bits per heavy atom. The fourth-order valence-corrected chi connectivity index (χ4v) is 2.17. The van der Waals surface area contributed by atoms with Gasteiger partial charge in [0.2, 0.25) is 0 Å². The first-order valence-corrected chi connectivity index (χ1v) is 5.61. The molecule has 2 heteroatoms. The summed E-state index contributed by atoms with van der Waals surface area (Å²) in [4.78, 5) is 0.